The third kappa shape index (κ3) is 4.00. The van der Waals surface area contributed by atoms with Crippen LogP contribution in [0, 0.1) is 18.2 Å². The monoisotopic (exact) mass is 326 g/mol. The van der Waals surface area contributed by atoms with E-state index in [9.17, 15) is 4.39 Å². The molecule has 0 N–H and O–H groups in total. The van der Waals surface area contributed by atoms with Crippen LogP contribution in [0.5, 0.6) is 5.75 Å². The number of hydrogen-bond donors (Lipinski definition) is 0. The molecule has 1 aromatic carbocycles. The molecular formula is C18H19FN4O. The minimum Gasteiger partial charge on any atom is -0.481 e. The highest BCUT2D eigenvalue weighted by molar-refractivity contribution is 5.34. The van der Waals surface area contributed by atoms with Crippen molar-refractivity contribution in [1.29, 1.82) is 0 Å². The summed E-state index contributed by atoms with van der Waals surface area (Å²) < 4.78 is 18.5. The van der Waals surface area contributed by atoms with Crippen LogP contribution in [0.25, 0.3) is 0 Å². The van der Waals surface area contributed by atoms with E-state index >= 15 is 0 Å². The molecule has 0 bridgehead atoms. The number of benzene rings is 1. The number of nitrogens with zero attached hydrogens (tertiary/aromatic N) is 4. The van der Waals surface area contributed by atoms with E-state index in [0.717, 1.165) is 44.0 Å². The van der Waals surface area contributed by atoms with Gasteiger partial charge in [-0.2, -0.15) is 0 Å². The average molecular weight is 326 g/mol. The zero-order valence-electron chi connectivity index (χ0n) is 13.4. The first kappa shape index (κ1) is 16.2. The van der Waals surface area contributed by atoms with Crippen molar-refractivity contribution in [3.8, 4) is 18.1 Å². The number of hydrogen-bond acceptors (Lipinski definition) is 5. The van der Waals surface area contributed by atoms with Gasteiger partial charge in [0.2, 0.25) is 5.95 Å². The summed E-state index contributed by atoms with van der Waals surface area (Å²) in [5, 5.41) is 0. The first-order chi connectivity index (χ1) is 11.8. The fourth-order valence-electron chi connectivity index (χ4n) is 2.71. The number of halogens is 1. The third-order valence-electron chi connectivity index (χ3n) is 3.94. The molecule has 1 fully saturated rings. The molecule has 0 atom stereocenters. The van der Waals surface area contributed by atoms with Gasteiger partial charge in [-0.15, -0.1) is 6.42 Å². The quantitative estimate of drug-likeness (QED) is 0.786. The van der Waals surface area contributed by atoms with Gasteiger partial charge >= 0.3 is 0 Å². The Hall–Kier alpha value is -2.65. The Morgan fingerprint density at radius 2 is 1.83 bits per heavy atom. The Morgan fingerprint density at radius 3 is 2.54 bits per heavy atom. The summed E-state index contributed by atoms with van der Waals surface area (Å²) in [7, 11) is 0. The minimum atomic E-state index is -0.416. The maximum atomic E-state index is 12.9. The lowest BCUT2D eigenvalue weighted by atomic mass is 10.1. The molecule has 24 heavy (non-hydrogen) atoms. The summed E-state index contributed by atoms with van der Waals surface area (Å²) in [6.07, 6.45) is 7.67. The van der Waals surface area contributed by atoms with E-state index in [4.69, 9.17) is 11.2 Å². The van der Waals surface area contributed by atoms with Crippen LogP contribution in [-0.2, 0) is 6.54 Å². The Kier molecular flexibility index (Phi) is 5.24. The topological polar surface area (TPSA) is 41.5 Å². The van der Waals surface area contributed by atoms with Crippen molar-refractivity contribution in [3.63, 3.8) is 0 Å². The molecule has 6 heteroatoms. The molecule has 0 radical (unpaired) electrons. The zero-order valence-corrected chi connectivity index (χ0v) is 13.4. The number of rotatable bonds is 5. The number of aromatic nitrogens is 2. The normalized spacial score (nSPS) is 15.1. The Labute approximate surface area is 141 Å². The second-order valence-electron chi connectivity index (χ2n) is 5.57. The highest BCUT2D eigenvalue weighted by atomic mass is 19.1. The molecule has 1 saturated heterocycles. The lowest BCUT2D eigenvalue weighted by Gasteiger charge is -2.34. The van der Waals surface area contributed by atoms with Gasteiger partial charge in [-0.1, -0.05) is 24.1 Å². The van der Waals surface area contributed by atoms with Gasteiger partial charge in [0.1, 0.15) is 12.4 Å². The molecule has 1 aliphatic heterocycles. The van der Waals surface area contributed by atoms with Crippen LogP contribution >= 0.6 is 0 Å². The van der Waals surface area contributed by atoms with Gasteiger partial charge < -0.3 is 9.64 Å². The highest BCUT2D eigenvalue weighted by Crippen LogP contribution is 2.21. The van der Waals surface area contributed by atoms with Crippen molar-refractivity contribution in [2.24, 2.45) is 0 Å². The number of terminal acetylenes is 1. The van der Waals surface area contributed by atoms with Gasteiger partial charge in [0.05, 0.1) is 12.4 Å². The first-order valence-electron chi connectivity index (χ1n) is 7.85. The van der Waals surface area contributed by atoms with Crippen molar-refractivity contribution in [1.82, 2.24) is 14.9 Å². The van der Waals surface area contributed by atoms with Crippen LogP contribution in [-0.4, -0.2) is 47.7 Å². The van der Waals surface area contributed by atoms with Gasteiger partial charge in [0.15, 0.2) is 5.82 Å². The molecule has 2 aromatic rings. The molecular weight excluding hydrogens is 307 g/mol. The van der Waals surface area contributed by atoms with Gasteiger partial charge in [-0.3, -0.25) is 4.90 Å². The van der Waals surface area contributed by atoms with Crippen LogP contribution in [0.15, 0.2) is 36.7 Å². The second-order valence-corrected chi connectivity index (χ2v) is 5.57. The molecule has 0 spiro atoms. The molecule has 124 valence electrons. The number of para-hydroxylation sites is 1. The smallest absolute Gasteiger partial charge is 0.225 e. The standard InChI is InChI=1S/C18H19FN4O/c1-2-11-24-17-6-4-3-5-15(17)14-22-7-9-23(10-8-22)18-20-12-16(19)13-21-18/h1,3-6,12-13H,7-11,14H2. The predicted molar refractivity (Wildman–Crippen MR) is 90.3 cm³/mol. The second kappa shape index (κ2) is 7.75. The lowest BCUT2D eigenvalue weighted by molar-refractivity contribution is 0.243. The van der Waals surface area contributed by atoms with E-state index in [2.05, 4.69) is 31.8 Å². The maximum Gasteiger partial charge on any atom is 0.225 e. The summed E-state index contributed by atoms with van der Waals surface area (Å²) in [6, 6.07) is 7.94. The van der Waals surface area contributed by atoms with E-state index in [1.807, 2.05) is 18.2 Å². The molecule has 2 heterocycles. The highest BCUT2D eigenvalue weighted by Gasteiger charge is 2.20. The van der Waals surface area contributed by atoms with Crippen molar-refractivity contribution >= 4 is 5.95 Å². The van der Waals surface area contributed by atoms with E-state index in [-0.39, 0.29) is 6.61 Å². The van der Waals surface area contributed by atoms with Gasteiger partial charge in [0, 0.05) is 38.3 Å². The summed E-state index contributed by atoms with van der Waals surface area (Å²) in [6.45, 7) is 4.44. The van der Waals surface area contributed by atoms with Crippen molar-refractivity contribution in [2.45, 2.75) is 6.54 Å². The van der Waals surface area contributed by atoms with Crippen LogP contribution in [0.3, 0.4) is 0 Å². The molecule has 0 unspecified atom stereocenters. The third-order valence-corrected chi connectivity index (χ3v) is 3.94. The fraction of sp³-hybridized carbons (Fsp3) is 0.333. The lowest BCUT2D eigenvalue weighted by Crippen LogP contribution is -2.46. The van der Waals surface area contributed by atoms with E-state index in [1.165, 1.54) is 12.4 Å². The largest absolute Gasteiger partial charge is 0.481 e. The SMILES string of the molecule is C#CCOc1ccccc1CN1CCN(c2ncc(F)cn2)CC1. The fourth-order valence-corrected chi connectivity index (χ4v) is 2.71. The van der Waals surface area contributed by atoms with Crippen molar-refractivity contribution in [3.05, 3.63) is 48.0 Å². The first-order valence-corrected chi connectivity index (χ1v) is 7.85. The van der Waals surface area contributed by atoms with Crippen LogP contribution in [0.2, 0.25) is 0 Å². The van der Waals surface area contributed by atoms with E-state index in [1.54, 1.807) is 0 Å². The number of anilines is 1. The molecule has 1 aromatic heterocycles. The van der Waals surface area contributed by atoms with Gasteiger partial charge in [-0.25, -0.2) is 14.4 Å². The Balaban J connectivity index is 1.58. The Morgan fingerprint density at radius 1 is 1.12 bits per heavy atom. The average Bonchev–Trinajstić information content (AvgIpc) is 2.62. The van der Waals surface area contributed by atoms with Crippen LogP contribution < -0.4 is 9.64 Å². The summed E-state index contributed by atoms with van der Waals surface area (Å²) in [5.74, 6) is 3.49. The molecule has 0 amide bonds. The molecule has 0 saturated carbocycles. The molecule has 0 aliphatic carbocycles. The zero-order chi connectivity index (χ0) is 16.8. The summed E-state index contributed by atoms with van der Waals surface area (Å²) in [5.41, 5.74) is 1.12. The molecule has 1 aliphatic rings. The van der Waals surface area contributed by atoms with Crippen molar-refractivity contribution < 1.29 is 9.13 Å². The summed E-state index contributed by atoms with van der Waals surface area (Å²) >= 11 is 0. The van der Waals surface area contributed by atoms with Gasteiger partial charge in [-0.05, 0) is 6.07 Å². The Bertz CT molecular complexity index is 706. The minimum absolute atomic E-state index is 0.271. The van der Waals surface area contributed by atoms with Crippen LogP contribution in [0.4, 0.5) is 10.3 Å². The summed E-state index contributed by atoms with van der Waals surface area (Å²) in [4.78, 5) is 12.5. The van der Waals surface area contributed by atoms with Gasteiger partial charge in [0.25, 0.3) is 0 Å². The predicted octanol–water partition coefficient (Wildman–Crippen LogP) is 1.95. The van der Waals surface area contributed by atoms with E-state index in [0.29, 0.717) is 5.95 Å². The molecule has 5 nitrogen and oxygen atoms in total. The maximum absolute atomic E-state index is 12.9. The number of ether oxygens (including phenoxy) is 1. The van der Waals surface area contributed by atoms with Crippen molar-refractivity contribution in [2.75, 3.05) is 37.7 Å². The number of piperazine rings is 1. The molecule has 3 rings (SSSR count). The van der Waals surface area contributed by atoms with Crippen LogP contribution in [0.1, 0.15) is 5.56 Å². The van der Waals surface area contributed by atoms with E-state index < -0.39 is 5.82 Å².